The first-order chi connectivity index (χ1) is 9.45. The van der Waals surface area contributed by atoms with Crippen LogP contribution in [-0.2, 0) is 6.54 Å². The van der Waals surface area contributed by atoms with E-state index in [4.69, 9.17) is 4.52 Å². The molecule has 2 amide bonds. The quantitative estimate of drug-likeness (QED) is 0.937. The minimum absolute atomic E-state index is 0.317. The van der Waals surface area contributed by atoms with Crippen LogP contribution in [0.5, 0.6) is 0 Å². The number of amides is 2. The van der Waals surface area contributed by atoms with Crippen molar-refractivity contribution in [1.82, 2.24) is 10.1 Å². The van der Waals surface area contributed by atoms with E-state index in [1.54, 1.807) is 39.1 Å². The number of halogens is 1. The molecule has 5 nitrogen and oxygen atoms in total. The van der Waals surface area contributed by atoms with Gasteiger partial charge in [0, 0.05) is 18.8 Å². The molecule has 0 atom stereocenters. The van der Waals surface area contributed by atoms with E-state index in [-0.39, 0.29) is 11.8 Å². The average molecular weight is 277 g/mol. The highest BCUT2D eigenvalue weighted by molar-refractivity contribution is 5.89. The summed E-state index contributed by atoms with van der Waals surface area (Å²) in [5.74, 6) is 0.340. The SMILES string of the molecule is Cc1cc(CN(C)C(=O)Nc2ccc(C)c(F)c2)no1. The van der Waals surface area contributed by atoms with Crippen molar-refractivity contribution in [3.8, 4) is 0 Å². The normalized spacial score (nSPS) is 10.4. The predicted octanol–water partition coefficient (Wildman–Crippen LogP) is 3.09. The fourth-order valence-corrected chi connectivity index (χ4v) is 1.70. The van der Waals surface area contributed by atoms with Gasteiger partial charge in [0.2, 0.25) is 0 Å². The van der Waals surface area contributed by atoms with Crippen molar-refractivity contribution in [2.75, 3.05) is 12.4 Å². The van der Waals surface area contributed by atoms with Crippen LogP contribution in [0, 0.1) is 19.7 Å². The molecule has 0 radical (unpaired) electrons. The largest absolute Gasteiger partial charge is 0.361 e. The molecule has 0 bridgehead atoms. The standard InChI is InChI=1S/C14H16FN3O2/c1-9-4-5-11(7-13(9)15)16-14(19)18(3)8-12-6-10(2)20-17-12/h4-7H,8H2,1-3H3,(H,16,19). The Morgan fingerprint density at radius 1 is 1.40 bits per heavy atom. The first-order valence-electron chi connectivity index (χ1n) is 6.16. The average Bonchev–Trinajstić information content (AvgIpc) is 2.79. The number of anilines is 1. The minimum Gasteiger partial charge on any atom is -0.361 e. The molecule has 1 heterocycles. The first kappa shape index (κ1) is 14.0. The number of carbonyl (C=O) groups excluding carboxylic acids is 1. The summed E-state index contributed by atoms with van der Waals surface area (Å²) in [7, 11) is 1.63. The van der Waals surface area contributed by atoms with Gasteiger partial charge in [-0.25, -0.2) is 9.18 Å². The summed E-state index contributed by atoms with van der Waals surface area (Å²) in [5.41, 5.74) is 1.62. The van der Waals surface area contributed by atoms with E-state index >= 15 is 0 Å². The van der Waals surface area contributed by atoms with E-state index in [0.717, 1.165) is 0 Å². The lowest BCUT2D eigenvalue weighted by molar-refractivity contribution is 0.219. The predicted molar refractivity (Wildman–Crippen MR) is 72.9 cm³/mol. The summed E-state index contributed by atoms with van der Waals surface area (Å²) >= 11 is 0. The van der Waals surface area contributed by atoms with Gasteiger partial charge in [0.05, 0.1) is 6.54 Å². The van der Waals surface area contributed by atoms with Gasteiger partial charge in [-0.15, -0.1) is 0 Å². The van der Waals surface area contributed by atoms with E-state index in [0.29, 0.717) is 29.2 Å². The van der Waals surface area contributed by atoms with Crippen LogP contribution in [-0.4, -0.2) is 23.1 Å². The maximum Gasteiger partial charge on any atom is 0.321 e. The van der Waals surface area contributed by atoms with Crippen molar-refractivity contribution in [3.05, 3.63) is 47.1 Å². The first-order valence-corrected chi connectivity index (χ1v) is 6.16. The Balaban J connectivity index is 1.98. The van der Waals surface area contributed by atoms with Crippen molar-refractivity contribution in [3.63, 3.8) is 0 Å². The van der Waals surface area contributed by atoms with Gasteiger partial charge in [-0.05, 0) is 31.5 Å². The number of aromatic nitrogens is 1. The molecule has 0 aliphatic carbocycles. The van der Waals surface area contributed by atoms with Gasteiger partial charge in [0.25, 0.3) is 0 Å². The molecule has 0 saturated carbocycles. The topological polar surface area (TPSA) is 58.4 Å². The molecule has 0 aliphatic heterocycles. The van der Waals surface area contributed by atoms with E-state index in [1.807, 2.05) is 0 Å². The van der Waals surface area contributed by atoms with Crippen molar-refractivity contribution >= 4 is 11.7 Å². The zero-order valence-corrected chi connectivity index (χ0v) is 11.6. The molecule has 1 aromatic heterocycles. The number of nitrogens with zero attached hydrogens (tertiary/aromatic N) is 2. The molecule has 0 fully saturated rings. The van der Waals surface area contributed by atoms with Crippen LogP contribution in [0.15, 0.2) is 28.8 Å². The number of rotatable bonds is 3. The highest BCUT2D eigenvalue weighted by Crippen LogP contribution is 2.14. The summed E-state index contributed by atoms with van der Waals surface area (Å²) < 4.78 is 18.3. The molecule has 20 heavy (non-hydrogen) atoms. The molecule has 1 N–H and O–H groups in total. The summed E-state index contributed by atoms with van der Waals surface area (Å²) in [5, 5.41) is 6.44. The van der Waals surface area contributed by atoms with Gasteiger partial charge in [-0.1, -0.05) is 11.2 Å². The maximum atomic E-state index is 13.4. The third kappa shape index (κ3) is 3.34. The summed E-state index contributed by atoms with van der Waals surface area (Å²) in [4.78, 5) is 13.4. The van der Waals surface area contributed by atoms with E-state index < -0.39 is 0 Å². The van der Waals surface area contributed by atoms with Crippen LogP contribution in [0.4, 0.5) is 14.9 Å². The smallest absolute Gasteiger partial charge is 0.321 e. The molecule has 1 aromatic carbocycles. The molecular formula is C14H16FN3O2. The Kier molecular flexibility index (Phi) is 4.02. The molecule has 0 aliphatic rings. The molecule has 0 unspecified atom stereocenters. The lowest BCUT2D eigenvalue weighted by Gasteiger charge is -2.16. The lowest BCUT2D eigenvalue weighted by atomic mass is 10.2. The third-order valence-corrected chi connectivity index (χ3v) is 2.85. The summed E-state index contributed by atoms with van der Waals surface area (Å²) in [6.45, 7) is 3.77. The van der Waals surface area contributed by atoms with Crippen molar-refractivity contribution in [2.45, 2.75) is 20.4 Å². The van der Waals surface area contributed by atoms with Crippen molar-refractivity contribution in [2.24, 2.45) is 0 Å². The zero-order valence-electron chi connectivity index (χ0n) is 11.6. The van der Waals surface area contributed by atoms with Crippen molar-refractivity contribution < 1.29 is 13.7 Å². The summed E-state index contributed by atoms with van der Waals surface area (Å²) in [6.07, 6.45) is 0. The molecule has 0 saturated heterocycles. The Morgan fingerprint density at radius 3 is 2.75 bits per heavy atom. The number of carbonyl (C=O) groups is 1. The van der Waals surface area contributed by atoms with Crippen LogP contribution in [0.2, 0.25) is 0 Å². The second kappa shape index (κ2) is 5.73. The Hall–Kier alpha value is -2.37. The van der Waals surface area contributed by atoms with Crippen LogP contribution in [0.25, 0.3) is 0 Å². The van der Waals surface area contributed by atoms with Gasteiger partial charge in [0.15, 0.2) is 0 Å². The van der Waals surface area contributed by atoms with Gasteiger partial charge in [-0.2, -0.15) is 0 Å². The van der Waals surface area contributed by atoms with E-state index in [9.17, 15) is 9.18 Å². The number of hydrogen-bond acceptors (Lipinski definition) is 3. The highest BCUT2D eigenvalue weighted by atomic mass is 19.1. The Bertz CT molecular complexity index is 625. The Labute approximate surface area is 116 Å². The Morgan fingerprint density at radius 2 is 2.15 bits per heavy atom. The van der Waals surface area contributed by atoms with Gasteiger partial charge < -0.3 is 14.7 Å². The number of hydrogen-bond donors (Lipinski definition) is 1. The van der Waals surface area contributed by atoms with Gasteiger partial charge in [-0.3, -0.25) is 0 Å². The minimum atomic E-state index is -0.349. The van der Waals surface area contributed by atoms with Crippen molar-refractivity contribution in [1.29, 1.82) is 0 Å². The zero-order chi connectivity index (χ0) is 14.7. The fourth-order valence-electron chi connectivity index (χ4n) is 1.70. The maximum absolute atomic E-state index is 13.4. The van der Waals surface area contributed by atoms with Gasteiger partial charge in [0.1, 0.15) is 17.3 Å². The highest BCUT2D eigenvalue weighted by Gasteiger charge is 2.12. The number of urea groups is 1. The van der Waals surface area contributed by atoms with Crippen LogP contribution in [0.3, 0.4) is 0 Å². The molecule has 2 aromatic rings. The van der Waals surface area contributed by atoms with Gasteiger partial charge >= 0.3 is 6.03 Å². The third-order valence-electron chi connectivity index (χ3n) is 2.85. The molecule has 0 spiro atoms. The van der Waals surface area contributed by atoms with Crippen LogP contribution >= 0.6 is 0 Å². The van der Waals surface area contributed by atoms with E-state index in [1.165, 1.54) is 11.0 Å². The van der Waals surface area contributed by atoms with Crippen LogP contribution in [0.1, 0.15) is 17.0 Å². The molecular weight excluding hydrogens is 261 g/mol. The number of nitrogens with one attached hydrogen (secondary N) is 1. The van der Waals surface area contributed by atoms with E-state index in [2.05, 4.69) is 10.5 Å². The molecule has 106 valence electrons. The lowest BCUT2D eigenvalue weighted by Crippen LogP contribution is -2.31. The number of benzene rings is 1. The fraction of sp³-hybridized carbons (Fsp3) is 0.286. The van der Waals surface area contributed by atoms with Crippen LogP contribution < -0.4 is 5.32 Å². The second-order valence-electron chi connectivity index (χ2n) is 4.68. The monoisotopic (exact) mass is 277 g/mol. The molecule has 2 rings (SSSR count). The number of aryl methyl sites for hydroxylation is 2. The summed E-state index contributed by atoms with van der Waals surface area (Å²) in [6, 6.07) is 5.99. The molecule has 6 heteroatoms. The second-order valence-corrected chi connectivity index (χ2v) is 4.68.